The Morgan fingerprint density at radius 3 is 2.85 bits per heavy atom. The van der Waals surface area contributed by atoms with Crippen molar-refractivity contribution in [3.8, 4) is 0 Å². The minimum Gasteiger partial charge on any atom is -0.298 e. The molecule has 0 aliphatic carbocycles. The highest BCUT2D eigenvalue weighted by Crippen LogP contribution is 2.14. The molecule has 1 aromatic rings. The zero-order chi connectivity index (χ0) is 9.84. The molecule has 0 saturated heterocycles. The van der Waals surface area contributed by atoms with E-state index in [2.05, 4.69) is 28.6 Å². The fraction of sp³-hybridized carbons (Fsp3) is 0.300. The van der Waals surface area contributed by atoms with Gasteiger partial charge in [-0.3, -0.25) is 4.79 Å². The van der Waals surface area contributed by atoms with E-state index in [-0.39, 0.29) is 5.78 Å². The predicted molar refractivity (Wildman–Crippen MR) is 60.9 cm³/mol. The van der Waals surface area contributed by atoms with Gasteiger partial charge < -0.3 is 0 Å². The van der Waals surface area contributed by atoms with Crippen molar-refractivity contribution in [2.75, 3.05) is 5.33 Å². The molecule has 0 aromatic heterocycles. The van der Waals surface area contributed by atoms with E-state index < -0.39 is 0 Å². The molecule has 1 rings (SSSR count). The van der Waals surface area contributed by atoms with Crippen molar-refractivity contribution in [3.05, 3.63) is 29.3 Å². The van der Waals surface area contributed by atoms with Crippen LogP contribution in [0.15, 0.2) is 23.1 Å². The maximum Gasteiger partial charge on any atom is 0.147 e. The summed E-state index contributed by atoms with van der Waals surface area (Å²) in [6, 6.07) is 5.86. The maximum atomic E-state index is 11.2. The van der Waals surface area contributed by atoms with Gasteiger partial charge in [-0.2, -0.15) is 0 Å². The molecule has 0 heterocycles. The van der Waals surface area contributed by atoms with E-state index in [1.54, 1.807) is 0 Å². The molecule has 0 atom stereocenters. The third kappa shape index (κ3) is 3.16. The maximum absolute atomic E-state index is 11.2. The van der Waals surface area contributed by atoms with Crippen molar-refractivity contribution in [3.63, 3.8) is 0 Å². The van der Waals surface area contributed by atoms with Crippen LogP contribution in [0.4, 0.5) is 0 Å². The number of rotatable bonds is 3. The molecule has 70 valence electrons. The molecule has 0 amide bonds. The van der Waals surface area contributed by atoms with Gasteiger partial charge in [0.15, 0.2) is 0 Å². The molecule has 0 bridgehead atoms. The molecule has 0 radical (unpaired) electrons. The van der Waals surface area contributed by atoms with Crippen LogP contribution in [0.3, 0.4) is 0 Å². The molecule has 13 heavy (non-hydrogen) atoms. The Kier molecular flexibility index (Phi) is 4.00. The number of ketones is 1. The number of benzene rings is 1. The van der Waals surface area contributed by atoms with Crippen LogP contribution in [0, 0.1) is 6.92 Å². The lowest BCUT2D eigenvalue weighted by Gasteiger charge is -2.04. The van der Waals surface area contributed by atoms with E-state index in [9.17, 15) is 4.79 Å². The number of alkyl halides is 1. The van der Waals surface area contributed by atoms with E-state index in [4.69, 9.17) is 0 Å². The summed E-state index contributed by atoms with van der Waals surface area (Å²) in [5, 5.41) is 0.420. The van der Waals surface area contributed by atoms with Gasteiger partial charge in [-0.25, -0.2) is 0 Å². The topological polar surface area (TPSA) is 17.1 Å². The normalized spacial score (nSPS) is 10.1. The lowest BCUT2D eigenvalue weighted by molar-refractivity contribution is -0.115. The van der Waals surface area contributed by atoms with Gasteiger partial charge >= 0.3 is 0 Å². The number of halogens is 1. The van der Waals surface area contributed by atoms with Crippen LogP contribution in [-0.4, -0.2) is 11.1 Å². The Balaban J connectivity index is 2.87. The van der Waals surface area contributed by atoms with Crippen LogP contribution in [0.2, 0.25) is 0 Å². The second-order valence-corrected chi connectivity index (χ2v) is 4.04. The summed E-state index contributed by atoms with van der Waals surface area (Å²) in [6.45, 7) is 2.00. The zero-order valence-electron chi connectivity index (χ0n) is 7.38. The second-order valence-electron chi connectivity index (χ2n) is 2.96. The first kappa shape index (κ1) is 10.8. The SMILES string of the molecule is Cc1ccc(S)cc1CC(=O)CBr. The Morgan fingerprint density at radius 1 is 1.54 bits per heavy atom. The smallest absolute Gasteiger partial charge is 0.147 e. The minimum absolute atomic E-state index is 0.196. The summed E-state index contributed by atoms with van der Waals surface area (Å²) in [5.41, 5.74) is 2.21. The highest BCUT2D eigenvalue weighted by molar-refractivity contribution is 9.09. The largest absolute Gasteiger partial charge is 0.298 e. The van der Waals surface area contributed by atoms with Crippen LogP contribution in [0.25, 0.3) is 0 Å². The van der Waals surface area contributed by atoms with Gasteiger partial charge in [-0.1, -0.05) is 22.0 Å². The monoisotopic (exact) mass is 258 g/mol. The van der Waals surface area contributed by atoms with Gasteiger partial charge in [-0.05, 0) is 30.2 Å². The molecular weight excluding hydrogens is 248 g/mol. The van der Waals surface area contributed by atoms with E-state index in [1.165, 1.54) is 0 Å². The summed E-state index contributed by atoms with van der Waals surface area (Å²) in [5.74, 6) is 0.196. The molecule has 0 aliphatic heterocycles. The van der Waals surface area contributed by atoms with Crippen molar-refractivity contribution in [2.24, 2.45) is 0 Å². The standard InChI is InChI=1S/C10H11BrOS/c1-7-2-3-10(13)5-8(7)4-9(12)6-11/h2-3,5,13H,4,6H2,1H3. The van der Waals surface area contributed by atoms with Gasteiger partial charge in [-0.15, -0.1) is 12.6 Å². The highest BCUT2D eigenvalue weighted by atomic mass is 79.9. The van der Waals surface area contributed by atoms with Crippen LogP contribution in [-0.2, 0) is 11.2 Å². The summed E-state index contributed by atoms with van der Waals surface area (Å²) in [4.78, 5) is 12.1. The molecule has 0 unspecified atom stereocenters. The first-order valence-electron chi connectivity index (χ1n) is 3.99. The molecule has 1 aromatic carbocycles. The molecular formula is C10H11BrOS. The highest BCUT2D eigenvalue weighted by Gasteiger charge is 2.04. The van der Waals surface area contributed by atoms with Crippen LogP contribution < -0.4 is 0 Å². The predicted octanol–water partition coefficient (Wildman–Crippen LogP) is 2.79. The Labute approximate surface area is 92.1 Å². The molecule has 0 fully saturated rings. The number of hydrogen-bond donors (Lipinski definition) is 1. The number of carbonyl (C=O) groups excluding carboxylic acids is 1. The Bertz CT molecular complexity index is 323. The Morgan fingerprint density at radius 2 is 2.23 bits per heavy atom. The quantitative estimate of drug-likeness (QED) is 0.652. The summed E-state index contributed by atoms with van der Waals surface area (Å²) >= 11 is 7.38. The first-order chi connectivity index (χ1) is 6.13. The fourth-order valence-corrected chi connectivity index (χ4v) is 1.54. The number of hydrogen-bond acceptors (Lipinski definition) is 2. The lowest BCUT2D eigenvalue weighted by atomic mass is 10.0. The van der Waals surface area contributed by atoms with Crippen LogP contribution in [0.5, 0.6) is 0 Å². The number of Topliss-reactive ketones (excluding diaryl/α,β-unsaturated/α-hetero) is 1. The average molecular weight is 259 g/mol. The van der Waals surface area contributed by atoms with E-state index in [1.807, 2.05) is 25.1 Å². The van der Waals surface area contributed by atoms with E-state index >= 15 is 0 Å². The Hall–Kier alpha value is -0.280. The molecule has 0 aliphatic rings. The molecule has 0 saturated carbocycles. The van der Waals surface area contributed by atoms with Gasteiger partial charge in [0.05, 0.1) is 5.33 Å². The van der Waals surface area contributed by atoms with Gasteiger partial charge in [0.1, 0.15) is 5.78 Å². The van der Waals surface area contributed by atoms with Crippen LogP contribution >= 0.6 is 28.6 Å². The van der Waals surface area contributed by atoms with E-state index in [0.717, 1.165) is 16.0 Å². The zero-order valence-corrected chi connectivity index (χ0v) is 9.86. The number of carbonyl (C=O) groups is 1. The third-order valence-electron chi connectivity index (χ3n) is 1.87. The molecule has 3 heteroatoms. The van der Waals surface area contributed by atoms with Crippen molar-refractivity contribution in [1.29, 1.82) is 0 Å². The fourth-order valence-electron chi connectivity index (χ4n) is 1.11. The van der Waals surface area contributed by atoms with Crippen molar-refractivity contribution < 1.29 is 4.79 Å². The second kappa shape index (κ2) is 4.82. The van der Waals surface area contributed by atoms with Gasteiger partial charge in [0.25, 0.3) is 0 Å². The average Bonchev–Trinajstić information content (AvgIpc) is 2.11. The lowest BCUT2D eigenvalue weighted by Crippen LogP contribution is -2.04. The van der Waals surface area contributed by atoms with Crippen molar-refractivity contribution in [2.45, 2.75) is 18.2 Å². The number of thiol groups is 1. The van der Waals surface area contributed by atoms with Crippen molar-refractivity contribution >= 4 is 34.3 Å². The van der Waals surface area contributed by atoms with Gasteiger partial charge in [0.2, 0.25) is 0 Å². The molecule has 0 N–H and O–H groups in total. The third-order valence-corrected chi connectivity index (χ3v) is 2.77. The summed E-state index contributed by atoms with van der Waals surface area (Å²) in [6.07, 6.45) is 0.492. The van der Waals surface area contributed by atoms with E-state index in [0.29, 0.717) is 11.8 Å². The molecule has 0 spiro atoms. The number of aryl methyl sites for hydroxylation is 1. The van der Waals surface area contributed by atoms with Crippen LogP contribution in [0.1, 0.15) is 11.1 Å². The van der Waals surface area contributed by atoms with Crippen molar-refractivity contribution in [1.82, 2.24) is 0 Å². The molecule has 1 nitrogen and oxygen atoms in total. The van der Waals surface area contributed by atoms with Gasteiger partial charge in [0, 0.05) is 11.3 Å². The minimum atomic E-state index is 0.196. The summed E-state index contributed by atoms with van der Waals surface area (Å²) in [7, 11) is 0. The summed E-state index contributed by atoms with van der Waals surface area (Å²) < 4.78 is 0. The first-order valence-corrected chi connectivity index (χ1v) is 5.56.